The first-order valence-corrected chi connectivity index (χ1v) is 11.0. The van der Waals surface area contributed by atoms with Crippen LogP contribution in [0.4, 0.5) is 5.69 Å². The number of esters is 2. The number of amides is 1. The summed E-state index contributed by atoms with van der Waals surface area (Å²) in [6.07, 6.45) is -4.23. The summed E-state index contributed by atoms with van der Waals surface area (Å²) >= 11 is 17.5. The number of nitrogens with one attached hydrogen (secondary N) is 1. The van der Waals surface area contributed by atoms with Crippen molar-refractivity contribution in [2.24, 2.45) is 0 Å². The smallest absolute Gasteiger partial charge is 0.349 e. The van der Waals surface area contributed by atoms with Gasteiger partial charge in [0, 0.05) is 20.8 Å². The molecule has 0 spiro atoms. The van der Waals surface area contributed by atoms with Gasteiger partial charge in [-0.25, -0.2) is 14.4 Å². The van der Waals surface area contributed by atoms with Gasteiger partial charge in [0.05, 0.1) is 11.1 Å². The quantitative estimate of drug-likeness (QED) is 0.383. The van der Waals surface area contributed by atoms with E-state index in [1.165, 1.54) is 72.8 Å². The lowest BCUT2D eigenvalue weighted by Crippen LogP contribution is -2.48. The number of rotatable bonds is 8. The zero-order valence-electron chi connectivity index (χ0n) is 17.6. The number of anilines is 1. The number of carbonyl (C=O) groups excluding carboxylic acids is 3. The van der Waals surface area contributed by atoms with Gasteiger partial charge < -0.3 is 19.9 Å². The van der Waals surface area contributed by atoms with Gasteiger partial charge in [-0.2, -0.15) is 0 Å². The molecular weight excluding hydrogens is 521 g/mol. The number of carboxylic acid groups (broad SMARTS) is 1. The van der Waals surface area contributed by atoms with Crippen LogP contribution in [0.15, 0.2) is 72.8 Å². The second kappa shape index (κ2) is 11.7. The van der Waals surface area contributed by atoms with Crippen molar-refractivity contribution in [3.05, 3.63) is 99.0 Å². The highest BCUT2D eigenvalue weighted by Crippen LogP contribution is 2.19. The molecule has 0 radical (unpaired) electrons. The van der Waals surface area contributed by atoms with Crippen molar-refractivity contribution < 1.29 is 33.8 Å². The molecule has 2 atom stereocenters. The Bertz CT molecular complexity index is 1230. The van der Waals surface area contributed by atoms with Gasteiger partial charge >= 0.3 is 17.9 Å². The summed E-state index contributed by atoms with van der Waals surface area (Å²) in [6.45, 7) is 0. The number of hydrogen-bond donors (Lipinski definition) is 2. The Morgan fingerprint density at radius 1 is 0.629 bits per heavy atom. The summed E-state index contributed by atoms with van der Waals surface area (Å²) in [5.74, 6) is -4.87. The first-order chi connectivity index (χ1) is 16.6. The Morgan fingerprint density at radius 3 is 1.40 bits per heavy atom. The van der Waals surface area contributed by atoms with E-state index in [2.05, 4.69) is 5.32 Å². The first-order valence-electron chi connectivity index (χ1n) is 9.86. The molecule has 3 aromatic carbocycles. The highest BCUT2D eigenvalue weighted by molar-refractivity contribution is 6.31. The van der Waals surface area contributed by atoms with Crippen molar-refractivity contribution >= 4 is 64.3 Å². The fraction of sp³-hybridized carbons (Fsp3) is 0.0833. The van der Waals surface area contributed by atoms with E-state index in [-0.39, 0.29) is 16.8 Å². The maximum atomic E-state index is 13.0. The summed E-state index contributed by atoms with van der Waals surface area (Å²) in [7, 11) is 0. The first kappa shape index (κ1) is 26.0. The van der Waals surface area contributed by atoms with Crippen molar-refractivity contribution in [1.82, 2.24) is 0 Å². The van der Waals surface area contributed by atoms with E-state index < -0.39 is 36.0 Å². The molecule has 0 aromatic heterocycles. The normalized spacial score (nSPS) is 12.2. The van der Waals surface area contributed by atoms with E-state index in [1.54, 1.807) is 0 Å². The minimum absolute atomic E-state index is 0.00754. The highest BCUT2D eigenvalue weighted by atomic mass is 35.5. The third-order valence-electron chi connectivity index (χ3n) is 4.52. The molecule has 0 heterocycles. The van der Waals surface area contributed by atoms with Crippen LogP contribution in [-0.4, -0.2) is 41.1 Å². The van der Waals surface area contributed by atoms with Crippen LogP contribution in [0.1, 0.15) is 20.7 Å². The predicted octanol–water partition coefficient (Wildman–Crippen LogP) is 5.12. The fourth-order valence-electron chi connectivity index (χ4n) is 2.78. The summed E-state index contributed by atoms with van der Waals surface area (Å²) < 4.78 is 10.3. The summed E-state index contributed by atoms with van der Waals surface area (Å²) in [5, 5.41) is 13.3. The lowest BCUT2D eigenvalue weighted by Gasteiger charge is -2.23. The number of aliphatic carboxylic acids is 1. The number of hydrogen-bond acceptors (Lipinski definition) is 6. The minimum atomic E-state index is -2.18. The molecule has 0 aliphatic rings. The molecule has 0 fully saturated rings. The number of carboxylic acids is 1. The zero-order chi connectivity index (χ0) is 25.5. The fourth-order valence-corrected chi connectivity index (χ4v) is 3.16. The molecule has 0 saturated carbocycles. The molecule has 3 aromatic rings. The van der Waals surface area contributed by atoms with Crippen LogP contribution in [0, 0.1) is 0 Å². The van der Waals surface area contributed by atoms with E-state index >= 15 is 0 Å². The highest BCUT2D eigenvalue weighted by Gasteiger charge is 2.41. The van der Waals surface area contributed by atoms with E-state index in [0.29, 0.717) is 15.1 Å². The second-order valence-corrected chi connectivity index (χ2v) is 8.31. The van der Waals surface area contributed by atoms with Gasteiger partial charge in [0.2, 0.25) is 12.2 Å². The molecule has 3 rings (SSSR count). The third kappa shape index (κ3) is 7.19. The topological polar surface area (TPSA) is 119 Å². The number of ether oxygens (including phenoxy) is 2. The van der Waals surface area contributed by atoms with Crippen LogP contribution in [0.5, 0.6) is 0 Å². The van der Waals surface area contributed by atoms with Crippen LogP contribution in [-0.2, 0) is 19.1 Å². The standard InChI is InChI=1S/C24H16Cl3NO7/c25-15-5-1-13(2-6-15)23(32)34-19(21(29)28-18-11-9-17(27)10-12-18)20(22(30)31)35-24(33)14-3-7-16(26)8-4-14/h1-12,19-20H,(H,28,29)(H,30,31)/t19-,20-/m0/s1. The van der Waals surface area contributed by atoms with Gasteiger partial charge in [-0.1, -0.05) is 34.8 Å². The largest absolute Gasteiger partial charge is 0.478 e. The van der Waals surface area contributed by atoms with Gasteiger partial charge in [-0.3, -0.25) is 4.79 Å². The third-order valence-corrected chi connectivity index (χ3v) is 5.27. The summed E-state index contributed by atoms with van der Waals surface area (Å²) in [5.41, 5.74) is 0.202. The lowest BCUT2D eigenvalue weighted by molar-refractivity contribution is -0.157. The van der Waals surface area contributed by atoms with Crippen molar-refractivity contribution in [1.29, 1.82) is 0 Å². The van der Waals surface area contributed by atoms with Gasteiger partial charge in [0.15, 0.2) is 0 Å². The molecule has 1 amide bonds. The van der Waals surface area contributed by atoms with Gasteiger partial charge in [0.1, 0.15) is 0 Å². The SMILES string of the molecule is O=C(O[C@H](C(=O)O)[C@H](OC(=O)c1ccc(Cl)cc1)C(=O)Nc1ccc(Cl)cc1)c1ccc(Cl)cc1. The molecule has 0 unspecified atom stereocenters. The molecule has 0 bridgehead atoms. The average molecular weight is 537 g/mol. The van der Waals surface area contributed by atoms with Crippen LogP contribution >= 0.6 is 34.8 Å². The molecule has 8 nitrogen and oxygen atoms in total. The Kier molecular flexibility index (Phi) is 8.70. The molecule has 0 saturated heterocycles. The molecule has 180 valence electrons. The Morgan fingerprint density at radius 2 is 1.00 bits per heavy atom. The van der Waals surface area contributed by atoms with Gasteiger partial charge in [-0.05, 0) is 72.8 Å². The molecule has 2 N–H and O–H groups in total. The van der Waals surface area contributed by atoms with Crippen molar-refractivity contribution in [3.8, 4) is 0 Å². The number of halogens is 3. The van der Waals surface area contributed by atoms with Crippen LogP contribution in [0.2, 0.25) is 15.1 Å². The predicted molar refractivity (Wildman–Crippen MR) is 129 cm³/mol. The van der Waals surface area contributed by atoms with Crippen molar-refractivity contribution in [2.75, 3.05) is 5.32 Å². The van der Waals surface area contributed by atoms with E-state index in [1.807, 2.05) is 0 Å². The Hall–Kier alpha value is -3.59. The molecule has 0 aliphatic carbocycles. The maximum Gasteiger partial charge on any atom is 0.349 e. The van der Waals surface area contributed by atoms with Crippen LogP contribution in [0.25, 0.3) is 0 Å². The van der Waals surface area contributed by atoms with E-state index in [0.717, 1.165) is 0 Å². The van der Waals surface area contributed by atoms with Gasteiger partial charge in [-0.15, -0.1) is 0 Å². The van der Waals surface area contributed by atoms with Gasteiger partial charge in [0.25, 0.3) is 5.91 Å². The van der Waals surface area contributed by atoms with Crippen molar-refractivity contribution in [3.63, 3.8) is 0 Å². The van der Waals surface area contributed by atoms with Crippen molar-refractivity contribution in [2.45, 2.75) is 12.2 Å². The van der Waals surface area contributed by atoms with Crippen LogP contribution in [0.3, 0.4) is 0 Å². The maximum absolute atomic E-state index is 13.0. The summed E-state index contributed by atoms with van der Waals surface area (Å²) in [4.78, 5) is 50.3. The Labute approximate surface area is 214 Å². The molecule has 35 heavy (non-hydrogen) atoms. The van der Waals surface area contributed by atoms with E-state index in [9.17, 15) is 24.3 Å². The Balaban J connectivity index is 1.90. The molecule has 11 heteroatoms. The molecule has 0 aliphatic heterocycles. The summed E-state index contributed by atoms with van der Waals surface area (Å²) in [6, 6.07) is 16.8. The van der Waals surface area contributed by atoms with E-state index in [4.69, 9.17) is 44.3 Å². The van der Waals surface area contributed by atoms with Crippen LogP contribution < -0.4 is 5.32 Å². The minimum Gasteiger partial charge on any atom is -0.478 e. The second-order valence-electron chi connectivity index (χ2n) is 7.00. The number of carbonyl (C=O) groups is 4. The average Bonchev–Trinajstić information content (AvgIpc) is 2.83. The molecular formula is C24H16Cl3NO7. The zero-order valence-corrected chi connectivity index (χ0v) is 19.9. The lowest BCUT2D eigenvalue weighted by atomic mass is 10.1. The number of benzene rings is 3. The monoisotopic (exact) mass is 535 g/mol.